The topological polar surface area (TPSA) is 136 Å². The predicted molar refractivity (Wildman–Crippen MR) is 184 cm³/mol. The van der Waals surface area contributed by atoms with Gasteiger partial charge in [-0.1, -0.05) is 0 Å². The molecule has 1 fully saturated rings. The maximum absolute atomic E-state index is 12.3. The Balaban J connectivity index is 0.000000182. The zero-order valence-corrected chi connectivity index (χ0v) is 30.3. The van der Waals surface area contributed by atoms with Gasteiger partial charge in [-0.2, -0.15) is 0 Å². The van der Waals surface area contributed by atoms with Crippen LogP contribution in [0.3, 0.4) is 0 Å². The first-order valence-corrected chi connectivity index (χ1v) is 18.6. The van der Waals surface area contributed by atoms with Gasteiger partial charge in [0.1, 0.15) is 32.3 Å². The summed E-state index contributed by atoms with van der Waals surface area (Å²) in [4.78, 5) is 73.3. The molecule has 5 aromatic heterocycles. The number of Topliss-reactive ketones (excluding diaryl/α,β-unsaturated/α-hetero) is 3. The van der Waals surface area contributed by atoms with Gasteiger partial charge < -0.3 is 4.90 Å². The van der Waals surface area contributed by atoms with E-state index in [1.54, 1.807) is 40.0 Å². The monoisotopic (exact) mass is 712 g/mol. The summed E-state index contributed by atoms with van der Waals surface area (Å²) in [5.74, 6) is -0.0516. The van der Waals surface area contributed by atoms with Crippen LogP contribution in [0.1, 0.15) is 60.3 Å². The number of hydrogen-bond donors (Lipinski definition) is 0. The summed E-state index contributed by atoms with van der Waals surface area (Å²) in [6.07, 6.45) is 1.15. The van der Waals surface area contributed by atoms with Gasteiger partial charge in [-0.15, -0.1) is 56.7 Å². The molecule has 6 rings (SSSR count). The third-order valence-electron chi connectivity index (χ3n) is 7.05. The predicted octanol–water partition coefficient (Wildman–Crippen LogP) is 6.37. The second-order valence-corrected chi connectivity index (χ2v) is 16.2. The van der Waals surface area contributed by atoms with E-state index in [0.717, 1.165) is 52.6 Å². The van der Waals surface area contributed by atoms with Crippen molar-refractivity contribution in [3.05, 3.63) is 58.3 Å². The fourth-order valence-electron chi connectivity index (χ4n) is 4.86. The van der Waals surface area contributed by atoms with Crippen LogP contribution in [0.25, 0.3) is 21.1 Å². The summed E-state index contributed by atoms with van der Waals surface area (Å²) in [6.45, 7) is 9.94. The van der Waals surface area contributed by atoms with Gasteiger partial charge in [0.25, 0.3) is 0 Å². The number of aromatic nitrogens is 5. The van der Waals surface area contributed by atoms with E-state index in [1.807, 2.05) is 38.5 Å². The van der Waals surface area contributed by atoms with Crippen LogP contribution < -0.4 is 0 Å². The third-order valence-corrected chi connectivity index (χ3v) is 11.8. The lowest BCUT2D eigenvalue weighted by molar-refractivity contribution is -0.127. The Morgan fingerprint density at radius 3 is 1.76 bits per heavy atom. The lowest BCUT2D eigenvalue weighted by atomic mass is 10.0. The van der Waals surface area contributed by atoms with Crippen molar-refractivity contribution in [2.45, 2.75) is 60.3 Å². The summed E-state index contributed by atoms with van der Waals surface area (Å²) in [5.41, 5.74) is 4.14. The van der Waals surface area contributed by atoms with Crippen molar-refractivity contribution in [3.63, 3.8) is 0 Å². The Morgan fingerprint density at radius 1 is 0.761 bits per heavy atom. The van der Waals surface area contributed by atoms with Crippen LogP contribution in [-0.2, 0) is 33.6 Å². The van der Waals surface area contributed by atoms with Crippen molar-refractivity contribution in [2.75, 3.05) is 13.6 Å². The van der Waals surface area contributed by atoms with Crippen molar-refractivity contribution >= 4 is 79.9 Å². The zero-order chi connectivity index (χ0) is 33.1. The number of ketones is 3. The number of amides is 1. The number of likely N-dealkylation sites (tertiary alicyclic amines) is 1. The van der Waals surface area contributed by atoms with Gasteiger partial charge >= 0.3 is 0 Å². The summed E-state index contributed by atoms with van der Waals surface area (Å²) in [6, 6.07) is 0. The molecule has 5 aromatic rings. The smallest absolute Gasteiger partial charge is 0.223 e. The highest BCUT2D eigenvalue weighted by Crippen LogP contribution is 2.32. The standard InChI is InChI=1S/C16H15N3O2S3.C15H17N3O2S2/c1-8(20)4-14-18-11(6-22-14)13(21)5-15-19-12(7-23-15)16-9(2)17-10(3)24-16;1-8-15(22-9(2)16-8)11-7-21-13(17-11)5-12(19)10-4-14(20)18(3)6-10/h6-7H,4-5H2,1-3H3;7,10H,4-6H2,1-3H3. The first-order valence-electron chi connectivity index (χ1n) is 14.4. The molecule has 240 valence electrons. The first-order chi connectivity index (χ1) is 21.9. The molecule has 0 aliphatic carbocycles. The molecule has 6 heterocycles. The second-order valence-electron chi connectivity index (χ2n) is 11.0. The summed E-state index contributed by atoms with van der Waals surface area (Å²) < 4.78 is 0. The Hall–Kier alpha value is -3.37. The van der Waals surface area contributed by atoms with Crippen molar-refractivity contribution < 1.29 is 19.2 Å². The number of carbonyl (C=O) groups excluding carboxylic acids is 4. The SMILES string of the molecule is CC(=O)Cc1nc(C(=O)Cc2nc(-c3sc(C)nc3C)cs2)cs1.Cc1nc(C)c(-c2csc(CC(=O)C3CC(=O)N(C)C3)n2)s1. The number of carbonyl (C=O) groups is 4. The summed E-state index contributed by atoms with van der Waals surface area (Å²) in [5, 5.41) is 9.94. The highest BCUT2D eigenvalue weighted by atomic mass is 32.1. The van der Waals surface area contributed by atoms with Crippen molar-refractivity contribution in [3.8, 4) is 21.1 Å². The molecule has 1 unspecified atom stereocenters. The molecule has 0 aromatic carbocycles. The number of nitrogens with zero attached hydrogens (tertiary/aromatic N) is 6. The van der Waals surface area contributed by atoms with Gasteiger partial charge in [0.05, 0.1) is 61.8 Å². The lowest BCUT2D eigenvalue weighted by Crippen LogP contribution is -2.22. The van der Waals surface area contributed by atoms with Gasteiger partial charge in [-0.3, -0.25) is 19.2 Å². The second kappa shape index (κ2) is 14.6. The zero-order valence-electron chi connectivity index (χ0n) is 26.2. The van der Waals surface area contributed by atoms with E-state index in [0.29, 0.717) is 30.1 Å². The lowest BCUT2D eigenvalue weighted by Gasteiger charge is -2.08. The van der Waals surface area contributed by atoms with E-state index in [4.69, 9.17) is 0 Å². The van der Waals surface area contributed by atoms with E-state index < -0.39 is 0 Å². The van der Waals surface area contributed by atoms with Crippen LogP contribution in [0.4, 0.5) is 0 Å². The molecule has 1 aliphatic rings. The van der Waals surface area contributed by atoms with E-state index >= 15 is 0 Å². The van der Waals surface area contributed by atoms with Gasteiger partial charge in [0.15, 0.2) is 5.78 Å². The van der Waals surface area contributed by atoms with Gasteiger partial charge in [-0.25, -0.2) is 24.9 Å². The minimum absolute atomic E-state index is 0.0446. The van der Waals surface area contributed by atoms with Gasteiger partial charge in [0.2, 0.25) is 5.91 Å². The highest BCUT2D eigenvalue weighted by Gasteiger charge is 2.32. The van der Waals surface area contributed by atoms with Crippen LogP contribution in [0.2, 0.25) is 0 Å². The molecule has 1 amide bonds. The Bertz CT molecular complexity index is 1910. The molecule has 1 aliphatic heterocycles. The average molecular weight is 713 g/mol. The minimum Gasteiger partial charge on any atom is -0.345 e. The molecule has 1 saturated heterocycles. The van der Waals surface area contributed by atoms with E-state index in [-0.39, 0.29) is 42.0 Å². The Labute approximate surface area is 286 Å². The third kappa shape index (κ3) is 8.31. The molecule has 0 bridgehead atoms. The van der Waals surface area contributed by atoms with Crippen LogP contribution in [0.5, 0.6) is 0 Å². The summed E-state index contributed by atoms with van der Waals surface area (Å²) in [7, 11) is 1.74. The fourth-order valence-corrected chi connectivity index (χ4v) is 9.22. The van der Waals surface area contributed by atoms with Gasteiger partial charge in [-0.05, 0) is 34.6 Å². The van der Waals surface area contributed by atoms with Crippen LogP contribution >= 0.6 is 56.7 Å². The Morgan fingerprint density at radius 2 is 1.28 bits per heavy atom. The van der Waals surface area contributed by atoms with Crippen molar-refractivity contribution in [2.24, 2.45) is 5.92 Å². The molecule has 0 radical (unpaired) electrons. The van der Waals surface area contributed by atoms with Crippen LogP contribution in [0.15, 0.2) is 16.1 Å². The maximum atomic E-state index is 12.3. The Kier molecular flexibility index (Phi) is 10.8. The molecule has 10 nitrogen and oxygen atoms in total. The number of aryl methyl sites for hydroxylation is 4. The molecule has 0 spiro atoms. The molecular formula is C31H32N6O4S5. The number of hydrogen-bond acceptors (Lipinski definition) is 14. The highest BCUT2D eigenvalue weighted by molar-refractivity contribution is 7.16. The first kappa shape index (κ1) is 34.0. The molecule has 46 heavy (non-hydrogen) atoms. The minimum atomic E-state index is -0.183. The molecule has 0 saturated carbocycles. The maximum Gasteiger partial charge on any atom is 0.223 e. The number of thiazole rings is 5. The largest absolute Gasteiger partial charge is 0.345 e. The van der Waals surface area contributed by atoms with Gasteiger partial charge in [0, 0.05) is 42.1 Å². The quantitative estimate of drug-likeness (QED) is 0.151. The van der Waals surface area contributed by atoms with Crippen LogP contribution in [-0.4, -0.2) is 66.7 Å². The number of rotatable bonds is 10. The van der Waals surface area contributed by atoms with Crippen LogP contribution in [0, 0.1) is 33.6 Å². The molecule has 15 heteroatoms. The average Bonchev–Trinajstić information content (AvgIpc) is 3.82. The van der Waals surface area contributed by atoms with E-state index in [1.165, 1.54) is 40.9 Å². The van der Waals surface area contributed by atoms with Crippen molar-refractivity contribution in [1.82, 2.24) is 29.8 Å². The molecular weight excluding hydrogens is 681 g/mol. The fraction of sp³-hybridized carbons (Fsp3) is 0.387. The van der Waals surface area contributed by atoms with Crippen molar-refractivity contribution in [1.29, 1.82) is 0 Å². The molecule has 0 N–H and O–H groups in total. The molecule has 1 atom stereocenters. The van der Waals surface area contributed by atoms with E-state index in [9.17, 15) is 19.2 Å². The van der Waals surface area contributed by atoms with E-state index in [2.05, 4.69) is 24.9 Å². The summed E-state index contributed by atoms with van der Waals surface area (Å²) >= 11 is 7.55. The normalized spacial score (nSPS) is 14.4.